The second kappa shape index (κ2) is 8.53. The monoisotopic (exact) mass is 495 g/mol. The molecule has 34 heavy (non-hydrogen) atoms. The molecule has 6 nitrogen and oxygen atoms in total. The van der Waals surface area contributed by atoms with Crippen molar-refractivity contribution in [3.8, 4) is 5.75 Å². The predicted octanol–water partition coefficient (Wildman–Crippen LogP) is 6.19. The van der Waals surface area contributed by atoms with E-state index in [0.29, 0.717) is 32.7 Å². The summed E-state index contributed by atoms with van der Waals surface area (Å²) in [4.78, 5) is 28.6. The third-order valence-corrected chi connectivity index (χ3v) is 6.94. The quantitative estimate of drug-likeness (QED) is 0.453. The SMILES string of the molecule is CCc1ccc(N2C(=O)N[C@H]3c4cc(Cl)ccc4O[C@@]2(C)[C@@H]3C(=O)Nc2ccc(Cl)cc2)cc1. The highest BCUT2D eigenvalue weighted by molar-refractivity contribution is 6.31. The smallest absolute Gasteiger partial charge is 0.325 e. The van der Waals surface area contributed by atoms with Gasteiger partial charge in [0, 0.05) is 27.0 Å². The van der Waals surface area contributed by atoms with Crippen LogP contribution >= 0.6 is 23.2 Å². The summed E-state index contributed by atoms with van der Waals surface area (Å²) in [6.45, 7) is 3.84. The van der Waals surface area contributed by atoms with Gasteiger partial charge in [0.2, 0.25) is 11.6 Å². The number of fused-ring (bicyclic) bond motifs is 4. The van der Waals surface area contributed by atoms with Crippen molar-refractivity contribution >= 4 is 46.5 Å². The predicted molar refractivity (Wildman–Crippen MR) is 134 cm³/mol. The van der Waals surface area contributed by atoms with E-state index in [9.17, 15) is 9.59 Å². The fourth-order valence-corrected chi connectivity index (χ4v) is 5.08. The van der Waals surface area contributed by atoms with Gasteiger partial charge in [0.25, 0.3) is 0 Å². The van der Waals surface area contributed by atoms with E-state index in [1.54, 1.807) is 49.4 Å². The molecule has 2 aliphatic heterocycles. The number of nitrogens with zero attached hydrogens (tertiary/aromatic N) is 1. The minimum atomic E-state index is -1.29. The van der Waals surface area contributed by atoms with Crippen molar-refractivity contribution in [2.45, 2.75) is 32.0 Å². The highest BCUT2D eigenvalue weighted by atomic mass is 35.5. The Balaban J connectivity index is 1.60. The summed E-state index contributed by atoms with van der Waals surface area (Å²) in [7, 11) is 0. The Kier molecular flexibility index (Phi) is 5.66. The number of benzene rings is 3. The number of anilines is 2. The fraction of sp³-hybridized carbons (Fsp3) is 0.231. The molecule has 3 amide bonds. The first-order chi connectivity index (χ1) is 16.3. The van der Waals surface area contributed by atoms with Gasteiger partial charge in [-0.3, -0.25) is 9.69 Å². The van der Waals surface area contributed by atoms with Gasteiger partial charge >= 0.3 is 6.03 Å². The Hall–Kier alpha value is -3.22. The van der Waals surface area contributed by atoms with Crippen LogP contribution in [0.2, 0.25) is 10.0 Å². The van der Waals surface area contributed by atoms with E-state index in [0.717, 1.165) is 12.0 Å². The molecule has 0 saturated carbocycles. The lowest BCUT2D eigenvalue weighted by Gasteiger charge is -2.54. The lowest BCUT2D eigenvalue weighted by Crippen LogP contribution is -2.72. The Morgan fingerprint density at radius 3 is 2.41 bits per heavy atom. The molecule has 2 N–H and O–H groups in total. The van der Waals surface area contributed by atoms with E-state index in [4.69, 9.17) is 27.9 Å². The molecule has 5 rings (SSSR count). The summed E-state index contributed by atoms with van der Waals surface area (Å²) >= 11 is 12.3. The van der Waals surface area contributed by atoms with Gasteiger partial charge in [0.1, 0.15) is 11.7 Å². The van der Waals surface area contributed by atoms with Crippen LogP contribution in [0.15, 0.2) is 66.7 Å². The maximum atomic E-state index is 13.7. The van der Waals surface area contributed by atoms with E-state index >= 15 is 0 Å². The number of ether oxygens (including phenoxy) is 1. The molecule has 0 aliphatic carbocycles. The molecule has 2 heterocycles. The van der Waals surface area contributed by atoms with Gasteiger partial charge in [0.05, 0.1) is 6.04 Å². The number of halogens is 2. The average Bonchev–Trinajstić information content (AvgIpc) is 2.81. The Morgan fingerprint density at radius 1 is 1.06 bits per heavy atom. The van der Waals surface area contributed by atoms with E-state index in [-0.39, 0.29) is 11.9 Å². The van der Waals surface area contributed by atoms with Crippen molar-refractivity contribution in [2.75, 3.05) is 10.2 Å². The number of nitrogens with one attached hydrogen (secondary N) is 2. The lowest BCUT2D eigenvalue weighted by atomic mass is 9.78. The largest absolute Gasteiger partial charge is 0.466 e. The molecule has 3 atom stereocenters. The van der Waals surface area contributed by atoms with Gasteiger partial charge in [0.15, 0.2) is 0 Å². The van der Waals surface area contributed by atoms with Gasteiger partial charge in [-0.2, -0.15) is 0 Å². The molecule has 0 unspecified atom stereocenters. The van der Waals surface area contributed by atoms with Crippen LogP contribution in [0.4, 0.5) is 16.2 Å². The van der Waals surface area contributed by atoms with E-state index in [1.807, 2.05) is 24.3 Å². The topological polar surface area (TPSA) is 70.7 Å². The van der Waals surface area contributed by atoms with Crippen LogP contribution in [-0.4, -0.2) is 17.7 Å². The minimum Gasteiger partial charge on any atom is -0.466 e. The molecular formula is C26H23Cl2N3O3. The number of aryl methyl sites for hydroxylation is 1. The third kappa shape index (κ3) is 3.77. The first kappa shape index (κ1) is 22.6. The van der Waals surface area contributed by atoms with Gasteiger partial charge in [-0.05, 0) is 73.5 Å². The van der Waals surface area contributed by atoms with Crippen molar-refractivity contribution in [2.24, 2.45) is 5.92 Å². The fourth-order valence-electron chi connectivity index (χ4n) is 4.78. The molecular weight excluding hydrogens is 473 g/mol. The lowest BCUT2D eigenvalue weighted by molar-refractivity contribution is -0.131. The van der Waals surface area contributed by atoms with Crippen LogP contribution in [-0.2, 0) is 11.2 Å². The van der Waals surface area contributed by atoms with Crippen molar-refractivity contribution in [1.82, 2.24) is 5.32 Å². The number of carbonyl (C=O) groups is 2. The average molecular weight is 496 g/mol. The molecule has 3 aromatic carbocycles. The highest BCUT2D eigenvalue weighted by Crippen LogP contribution is 2.50. The van der Waals surface area contributed by atoms with E-state index < -0.39 is 17.7 Å². The molecule has 174 valence electrons. The number of amides is 3. The summed E-state index contributed by atoms with van der Waals surface area (Å²) in [5.41, 5.74) is 1.75. The van der Waals surface area contributed by atoms with Crippen LogP contribution in [0.5, 0.6) is 5.75 Å². The number of rotatable bonds is 4. The zero-order valence-electron chi connectivity index (χ0n) is 18.6. The van der Waals surface area contributed by atoms with E-state index in [1.165, 1.54) is 4.90 Å². The number of carbonyl (C=O) groups excluding carboxylic acids is 2. The Labute approximate surface area is 207 Å². The van der Waals surface area contributed by atoms with Crippen molar-refractivity contribution < 1.29 is 14.3 Å². The van der Waals surface area contributed by atoms with Gasteiger partial charge < -0.3 is 15.4 Å². The van der Waals surface area contributed by atoms with Crippen molar-refractivity contribution in [3.63, 3.8) is 0 Å². The Bertz CT molecular complexity index is 1260. The van der Waals surface area contributed by atoms with Crippen LogP contribution in [0.25, 0.3) is 0 Å². The molecule has 2 bridgehead atoms. The van der Waals surface area contributed by atoms with Gasteiger partial charge in [-0.1, -0.05) is 42.3 Å². The zero-order valence-corrected chi connectivity index (χ0v) is 20.2. The summed E-state index contributed by atoms with van der Waals surface area (Å²) in [6.07, 6.45) is 0.878. The highest BCUT2D eigenvalue weighted by Gasteiger charge is 2.60. The second-order valence-corrected chi connectivity index (χ2v) is 9.47. The molecule has 1 saturated heterocycles. The molecule has 8 heteroatoms. The van der Waals surface area contributed by atoms with E-state index in [2.05, 4.69) is 17.6 Å². The zero-order chi connectivity index (χ0) is 24.0. The molecule has 2 aliphatic rings. The molecule has 3 aromatic rings. The molecule has 1 fully saturated rings. The van der Waals surface area contributed by atoms with Crippen LogP contribution < -0.4 is 20.3 Å². The maximum absolute atomic E-state index is 13.7. The van der Waals surface area contributed by atoms with Crippen LogP contribution in [0, 0.1) is 5.92 Å². The molecule has 0 spiro atoms. The standard InChI is InChI=1S/C26H23Cl2N3O3/c1-3-15-4-11-19(12-5-15)31-25(33)30-23-20-14-17(28)8-13-21(20)34-26(31,2)22(23)24(32)29-18-9-6-16(27)7-10-18/h4-14,22-23H,3H2,1-2H3,(H,29,32)(H,30,33)/t22-,23-,26-/m0/s1. The first-order valence-corrected chi connectivity index (χ1v) is 11.8. The van der Waals surface area contributed by atoms with Crippen LogP contribution in [0.1, 0.15) is 31.0 Å². The summed E-state index contributed by atoms with van der Waals surface area (Å²) in [5.74, 6) is -0.504. The Morgan fingerprint density at radius 2 is 1.74 bits per heavy atom. The summed E-state index contributed by atoms with van der Waals surface area (Å²) in [5, 5.41) is 7.05. The third-order valence-electron chi connectivity index (χ3n) is 6.46. The van der Waals surface area contributed by atoms with Crippen molar-refractivity contribution in [3.05, 3.63) is 87.9 Å². The first-order valence-electron chi connectivity index (χ1n) is 11.0. The van der Waals surface area contributed by atoms with Gasteiger partial charge in [-0.25, -0.2) is 4.79 Å². The molecule has 0 aromatic heterocycles. The maximum Gasteiger partial charge on any atom is 0.325 e. The van der Waals surface area contributed by atoms with Crippen molar-refractivity contribution in [1.29, 1.82) is 0 Å². The summed E-state index contributed by atoms with van der Waals surface area (Å²) in [6, 6.07) is 18.8. The summed E-state index contributed by atoms with van der Waals surface area (Å²) < 4.78 is 6.45. The molecule has 0 radical (unpaired) electrons. The number of hydrogen-bond donors (Lipinski definition) is 2. The minimum absolute atomic E-state index is 0.296. The van der Waals surface area contributed by atoms with Crippen LogP contribution in [0.3, 0.4) is 0 Å². The number of hydrogen-bond acceptors (Lipinski definition) is 3. The van der Waals surface area contributed by atoms with Gasteiger partial charge in [-0.15, -0.1) is 0 Å². The number of urea groups is 1. The second-order valence-electron chi connectivity index (χ2n) is 8.60. The normalized spacial score (nSPS) is 22.9.